The van der Waals surface area contributed by atoms with E-state index < -0.39 is 17.4 Å². The van der Waals surface area contributed by atoms with Crippen LogP contribution >= 0.6 is 0 Å². The van der Waals surface area contributed by atoms with E-state index >= 15 is 0 Å². The van der Waals surface area contributed by atoms with Gasteiger partial charge in [-0.25, -0.2) is 4.79 Å². The number of aryl methyl sites for hydroxylation is 1. The van der Waals surface area contributed by atoms with Gasteiger partial charge in [0.25, 0.3) is 5.56 Å². The molecule has 1 saturated heterocycles. The summed E-state index contributed by atoms with van der Waals surface area (Å²) in [6.07, 6.45) is -0.804. The topological polar surface area (TPSA) is 88.5 Å². The van der Waals surface area contributed by atoms with Crippen molar-refractivity contribution in [1.82, 2.24) is 23.6 Å². The summed E-state index contributed by atoms with van der Waals surface area (Å²) >= 11 is 0. The van der Waals surface area contributed by atoms with Gasteiger partial charge in [-0.3, -0.25) is 13.9 Å². The Hall–Kier alpha value is -2.91. The normalized spacial score (nSPS) is 16.3. The molecule has 0 bridgehead atoms. The predicted molar refractivity (Wildman–Crippen MR) is 116 cm³/mol. The molecule has 160 valence electrons. The van der Waals surface area contributed by atoms with E-state index in [0.29, 0.717) is 17.1 Å². The van der Waals surface area contributed by atoms with Crippen molar-refractivity contribution in [2.24, 2.45) is 14.1 Å². The molecule has 1 aliphatic rings. The quantitative estimate of drug-likeness (QED) is 0.649. The van der Waals surface area contributed by atoms with Crippen LogP contribution in [0.25, 0.3) is 11.2 Å². The van der Waals surface area contributed by atoms with Crippen molar-refractivity contribution in [3.05, 3.63) is 56.7 Å². The molecule has 3 aromatic rings. The molecule has 0 saturated carbocycles. The lowest BCUT2D eigenvalue weighted by atomic mass is 10.1. The summed E-state index contributed by atoms with van der Waals surface area (Å²) in [4.78, 5) is 34.6. The number of piperazine rings is 1. The number of rotatable bonds is 5. The van der Waals surface area contributed by atoms with Gasteiger partial charge in [-0.2, -0.15) is 4.98 Å². The summed E-state index contributed by atoms with van der Waals surface area (Å²) in [5.41, 5.74) is 0.629. The minimum Gasteiger partial charge on any atom is -0.387 e. The fourth-order valence-electron chi connectivity index (χ4n) is 4.07. The maximum absolute atomic E-state index is 13.0. The maximum Gasteiger partial charge on any atom is 0.332 e. The Morgan fingerprint density at radius 1 is 1.03 bits per heavy atom. The molecule has 1 aliphatic heterocycles. The van der Waals surface area contributed by atoms with Gasteiger partial charge in [0, 0.05) is 40.3 Å². The lowest BCUT2D eigenvalue weighted by molar-refractivity contribution is 0.158. The number of hydrogen-bond acceptors (Lipinski definition) is 6. The van der Waals surface area contributed by atoms with Crippen molar-refractivity contribution >= 4 is 17.1 Å². The monoisotopic (exact) mass is 412 g/mol. The third kappa shape index (κ3) is 3.44. The Balaban J connectivity index is 1.85. The molecule has 1 aromatic carbocycles. The van der Waals surface area contributed by atoms with Crippen LogP contribution < -0.4 is 16.1 Å². The molecule has 3 heterocycles. The van der Waals surface area contributed by atoms with E-state index in [-0.39, 0.29) is 6.54 Å². The van der Waals surface area contributed by atoms with Crippen LogP contribution in [0.4, 0.5) is 5.95 Å². The first-order valence-electron chi connectivity index (χ1n) is 10.3. The second-order valence-corrected chi connectivity index (χ2v) is 7.75. The predicted octanol–water partition coefficient (Wildman–Crippen LogP) is 0.309. The molecule has 30 heavy (non-hydrogen) atoms. The smallest absolute Gasteiger partial charge is 0.332 e. The molecule has 0 amide bonds. The highest BCUT2D eigenvalue weighted by Gasteiger charge is 2.26. The summed E-state index contributed by atoms with van der Waals surface area (Å²) in [5, 5.41) is 10.9. The highest BCUT2D eigenvalue weighted by molar-refractivity contribution is 5.74. The highest BCUT2D eigenvalue weighted by Crippen LogP contribution is 2.25. The second kappa shape index (κ2) is 8.08. The van der Waals surface area contributed by atoms with Crippen molar-refractivity contribution in [3.63, 3.8) is 0 Å². The number of aromatic nitrogens is 4. The standard InChI is InChI=1S/C21H28N6O3/c1-4-25-10-12-26(13-11-25)20-22-18-17(19(29)24(3)21(30)23(18)2)27(20)14-16(28)15-8-6-5-7-9-15/h5-9,16,28H,4,10-14H2,1-3H3. The van der Waals surface area contributed by atoms with Gasteiger partial charge >= 0.3 is 5.69 Å². The van der Waals surface area contributed by atoms with Crippen LogP contribution in [-0.2, 0) is 20.6 Å². The molecular weight excluding hydrogens is 384 g/mol. The van der Waals surface area contributed by atoms with Crippen molar-refractivity contribution in [2.75, 3.05) is 37.6 Å². The number of fused-ring (bicyclic) bond motifs is 1. The number of aliphatic hydroxyl groups excluding tert-OH is 1. The van der Waals surface area contributed by atoms with E-state index in [0.717, 1.165) is 42.9 Å². The molecule has 9 nitrogen and oxygen atoms in total. The average Bonchev–Trinajstić information content (AvgIpc) is 3.16. The second-order valence-electron chi connectivity index (χ2n) is 7.75. The van der Waals surface area contributed by atoms with E-state index in [4.69, 9.17) is 4.98 Å². The summed E-state index contributed by atoms with van der Waals surface area (Å²) < 4.78 is 4.26. The van der Waals surface area contributed by atoms with Crippen LogP contribution in [0, 0.1) is 0 Å². The Labute approximate surface area is 174 Å². The zero-order chi connectivity index (χ0) is 21.4. The fraction of sp³-hybridized carbons (Fsp3) is 0.476. The van der Waals surface area contributed by atoms with Crippen LogP contribution in [0.15, 0.2) is 39.9 Å². The first-order valence-corrected chi connectivity index (χ1v) is 10.3. The summed E-state index contributed by atoms with van der Waals surface area (Å²) in [5.74, 6) is 0.619. The maximum atomic E-state index is 13.0. The van der Waals surface area contributed by atoms with E-state index in [1.54, 1.807) is 11.6 Å². The number of likely N-dealkylation sites (N-methyl/N-ethyl adjacent to an activating group) is 1. The zero-order valence-electron chi connectivity index (χ0n) is 17.7. The average molecular weight is 412 g/mol. The molecule has 1 atom stereocenters. The van der Waals surface area contributed by atoms with Crippen molar-refractivity contribution < 1.29 is 5.11 Å². The van der Waals surface area contributed by atoms with Gasteiger partial charge < -0.3 is 19.5 Å². The number of aliphatic hydroxyl groups is 1. The van der Waals surface area contributed by atoms with Gasteiger partial charge in [0.15, 0.2) is 11.2 Å². The number of hydrogen-bond donors (Lipinski definition) is 1. The third-order valence-corrected chi connectivity index (χ3v) is 5.97. The SMILES string of the molecule is CCN1CCN(c2nc3c(c(=O)n(C)c(=O)n3C)n2CC(O)c2ccccc2)CC1. The van der Waals surface area contributed by atoms with Gasteiger partial charge in [0.2, 0.25) is 5.95 Å². The van der Waals surface area contributed by atoms with E-state index in [9.17, 15) is 14.7 Å². The molecule has 1 fully saturated rings. The van der Waals surface area contributed by atoms with Crippen molar-refractivity contribution in [1.29, 1.82) is 0 Å². The lowest BCUT2D eigenvalue weighted by Gasteiger charge is -2.35. The Morgan fingerprint density at radius 2 is 1.70 bits per heavy atom. The number of anilines is 1. The van der Waals surface area contributed by atoms with Crippen molar-refractivity contribution in [2.45, 2.75) is 19.6 Å². The lowest BCUT2D eigenvalue weighted by Crippen LogP contribution is -2.47. The molecular formula is C21H28N6O3. The first-order chi connectivity index (χ1) is 14.4. The number of imidazole rings is 1. The summed E-state index contributed by atoms with van der Waals surface area (Å²) in [7, 11) is 3.09. The van der Waals surface area contributed by atoms with Gasteiger partial charge in [0.1, 0.15) is 0 Å². The van der Waals surface area contributed by atoms with Crippen molar-refractivity contribution in [3.8, 4) is 0 Å². The Bertz CT molecular complexity index is 1160. The van der Waals surface area contributed by atoms with Gasteiger partial charge in [-0.1, -0.05) is 37.3 Å². The van der Waals surface area contributed by atoms with Crippen LogP contribution in [0.5, 0.6) is 0 Å². The van der Waals surface area contributed by atoms with Gasteiger partial charge in [0.05, 0.1) is 12.6 Å². The summed E-state index contributed by atoms with van der Waals surface area (Å²) in [6.45, 7) is 6.65. The minimum atomic E-state index is -0.804. The largest absolute Gasteiger partial charge is 0.387 e. The first kappa shape index (κ1) is 20.4. The Morgan fingerprint density at radius 3 is 2.33 bits per heavy atom. The van der Waals surface area contributed by atoms with Crippen LogP contribution in [0.3, 0.4) is 0 Å². The highest BCUT2D eigenvalue weighted by atomic mass is 16.3. The Kier molecular flexibility index (Phi) is 5.48. The molecule has 0 radical (unpaired) electrons. The third-order valence-electron chi connectivity index (χ3n) is 5.97. The number of benzene rings is 1. The molecule has 0 spiro atoms. The molecule has 1 unspecified atom stereocenters. The van der Waals surface area contributed by atoms with Gasteiger partial charge in [-0.05, 0) is 12.1 Å². The fourth-order valence-corrected chi connectivity index (χ4v) is 4.07. The molecule has 2 aromatic heterocycles. The van der Waals surface area contributed by atoms with E-state index in [2.05, 4.69) is 16.7 Å². The van der Waals surface area contributed by atoms with Crippen LogP contribution in [0.1, 0.15) is 18.6 Å². The van der Waals surface area contributed by atoms with Gasteiger partial charge in [-0.15, -0.1) is 0 Å². The van der Waals surface area contributed by atoms with Crippen LogP contribution in [0.2, 0.25) is 0 Å². The van der Waals surface area contributed by atoms with E-state index in [1.807, 2.05) is 30.3 Å². The molecule has 9 heteroatoms. The zero-order valence-corrected chi connectivity index (χ0v) is 17.7. The summed E-state index contributed by atoms with van der Waals surface area (Å²) in [6, 6.07) is 9.36. The molecule has 0 aliphatic carbocycles. The molecule has 4 rings (SSSR count). The van der Waals surface area contributed by atoms with E-state index in [1.165, 1.54) is 11.6 Å². The number of nitrogens with zero attached hydrogens (tertiary/aromatic N) is 6. The molecule has 1 N–H and O–H groups in total. The van der Waals surface area contributed by atoms with Crippen LogP contribution in [-0.4, -0.2) is 61.4 Å². The minimum absolute atomic E-state index is 0.178.